The third-order valence-corrected chi connectivity index (χ3v) is 3.67. The first-order valence-corrected chi connectivity index (χ1v) is 8.44. The van der Waals surface area contributed by atoms with Gasteiger partial charge in [-0.2, -0.15) is 0 Å². The van der Waals surface area contributed by atoms with Crippen molar-refractivity contribution in [2.75, 3.05) is 11.9 Å². The van der Waals surface area contributed by atoms with E-state index in [1.165, 1.54) is 12.1 Å². The molecule has 3 atom stereocenters. The maximum Gasteiger partial charge on any atom is 0.573 e. The molecule has 2 amide bonds. The molecule has 1 saturated heterocycles. The molecular weight excluding hydrogens is 351 g/mol. The second-order valence-corrected chi connectivity index (χ2v) is 6.08. The summed E-state index contributed by atoms with van der Waals surface area (Å²) >= 11 is 0. The van der Waals surface area contributed by atoms with E-state index in [-0.39, 0.29) is 18.0 Å². The van der Waals surface area contributed by atoms with Gasteiger partial charge >= 0.3 is 12.4 Å². The Hall–Kier alpha value is -2.04. The van der Waals surface area contributed by atoms with Crippen molar-refractivity contribution in [2.45, 2.75) is 51.5 Å². The van der Waals surface area contributed by atoms with Crippen LogP contribution in [0.3, 0.4) is 0 Å². The Morgan fingerprint density at radius 2 is 1.96 bits per heavy atom. The minimum atomic E-state index is -4.75. The van der Waals surface area contributed by atoms with Gasteiger partial charge < -0.3 is 20.7 Å². The van der Waals surface area contributed by atoms with Crippen LogP contribution >= 0.6 is 0 Å². The first-order valence-electron chi connectivity index (χ1n) is 8.44. The van der Waals surface area contributed by atoms with Crippen molar-refractivity contribution in [3.8, 4) is 5.75 Å². The number of alkyl halides is 3. The van der Waals surface area contributed by atoms with Crippen molar-refractivity contribution >= 4 is 11.7 Å². The number of rotatable bonds is 6. The van der Waals surface area contributed by atoms with E-state index in [4.69, 9.17) is 0 Å². The summed E-state index contributed by atoms with van der Waals surface area (Å²) in [6, 6.07) is 4.64. The summed E-state index contributed by atoms with van der Waals surface area (Å²) in [4.78, 5) is 12.1. The highest BCUT2D eigenvalue weighted by atomic mass is 19.4. The van der Waals surface area contributed by atoms with Crippen LogP contribution in [0.1, 0.15) is 26.7 Å². The van der Waals surface area contributed by atoms with Gasteiger partial charge in [-0.25, -0.2) is 4.79 Å². The van der Waals surface area contributed by atoms with Gasteiger partial charge in [-0.3, -0.25) is 10.6 Å². The molecule has 26 heavy (non-hydrogen) atoms. The molecule has 7 nitrogen and oxygen atoms in total. The highest BCUT2D eigenvalue weighted by molar-refractivity contribution is 5.89. The van der Waals surface area contributed by atoms with Crippen molar-refractivity contribution < 1.29 is 22.7 Å². The predicted molar refractivity (Wildman–Crippen MR) is 91.5 cm³/mol. The first-order chi connectivity index (χ1) is 12.2. The number of carbonyl (C=O) groups is 1. The molecule has 1 aliphatic heterocycles. The second kappa shape index (κ2) is 9.06. The van der Waals surface area contributed by atoms with E-state index in [0.717, 1.165) is 31.5 Å². The number of anilines is 1. The van der Waals surface area contributed by atoms with Crippen molar-refractivity contribution in [2.24, 2.45) is 0 Å². The van der Waals surface area contributed by atoms with E-state index in [9.17, 15) is 18.0 Å². The average Bonchev–Trinajstić information content (AvgIpc) is 2.53. The number of carbonyl (C=O) groups excluding carboxylic acids is 1. The van der Waals surface area contributed by atoms with Crippen molar-refractivity contribution in [3.05, 3.63) is 24.3 Å². The van der Waals surface area contributed by atoms with E-state index in [0.29, 0.717) is 5.69 Å². The molecule has 1 aliphatic rings. The SMILES string of the molecule is CCCNC1CC(C)NC(NC(=O)Nc2ccc(OC(F)(F)F)cc2)N1. The van der Waals surface area contributed by atoms with E-state index >= 15 is 0 Å². The van der Waals surface area contributed by atoms with Crippen LogP contribution in [0.2, 0.25) is 0 Å². The Labute approximate surface area is 150 Å². The fraction of sp³-hybridized carbons (Fsp3) is 0.562. The van der Waals surface area contributed by atoms with Crippen molar-refractivity contribution in [3.63, 3.8) is 0 Å². The number of nitrogens with one attached hydrogen (secondary N) is 5. The van der Waals surface area contributed by atoms with E-state index in [2.05, 4.69) is 38.2 Å². The lowest BCUT2D eigenvalue weighted by molar-refractivity contribution is -0.274. The summed E-state index contributed by atoms with van der Waals surface area (Å²) in [7, 11) is 0. The Morgan fingerprint density at radius 1 is 1.27 bits per heavy atom. The molecule has 146 valence electrons. The van der Waals surface area contributed by atoms with Crippen LogP contribution in [0, 0.1) is 0 Å². The number of halogens is 3. The number of ether oxygens (including phenoxy) is 1. The molecule has 0 saturated carbocycles. The maximum atomic E-state index is 12.1. The molecule has 5 N–H and O–H groups in total. The lowest BCUT2D eigenvalue weighted by Gasteiger charge is -2.36. The molecule has 2 rings (SSSR count). The molecule has 0 aliphatic carbocycles. The fourth-order valence-corrected chi connectivity index (χ4v) is 2.61. The molecule has 3 unspecified atom stereocenters. The van der Waals surface area contributed by atoms with Crippen LogP contribution < -0.4 is 31.3 Å². The zero-order valence-corrected chi connectivity index (χ0v) is 14.6. The Kier molecular flexibility index (Phi) is 7.06. The zero-order chi connectivity index (χ0) is 19.2. The molecule has 0 bridgehead atoms. The largest absolute Gasteiger partial charge is 0.573 e. The van der Waals surface area contributed by atoms with Crippen molar-refractivity contribution in [1.82, 2.24) is 21.3 Å². The molecule has 1 heterocycles. The third-order valence-electron chi connectivity index (χ3n) is 3.67. The van der Waals surface area contributed by atoms with E-state index in [1.807, 2.05) is 6.92 Å². The minimum absolute atomic E-state index is 0.0790. The number of benzene rings is 1. The normalized spacial score (nSPS) is 23.3. The molecule has 0 spiro atoms. The summed E-state index contributed by atoms with van der Waals surface area (Å²) in [6.45, 7) is 4.97. The highest BCUT2D eigenvalue weighted by Gasteiger charge is 2.31. The summed E-state index contributed by atoms with van der Waals surface area (Å²) in [6.07, 6.45) is -3.22. The van der Waals surface area contributed by atoms with Crippen LogP contribution in [-0.4, -0.2) is 37.4 Å². The topological polar surface area (TPSA) is 86.5 Å². The quantitative estimate of drug-likeness (QED) is 0.527. The Balaban J connectivity index is 1.83. The standard InChI is InChI=1S/C16H24F3N5O2/c1-3-8-20-13-9-10(2)21-14(23-13)24-15(25)22-11-4-6-12(7-5-11)26-16(17,18)19/h4-7,10,13-14,20-21,23H,3,8-9H2,1-2H3,(H2,22,24,25). The van der Waals surface area contributed by atoms with Gasteiger partial charge in [0.25, 0.3) is 0 Å². The zero-order valence-electron chi connectivity index (χ0n) is 14.6. The van der Waals surface area contributed by atoms with E-state index < -0.39 is 18.7 Å². The van der Waals surface area contributed by atoms with Gasteiger partial charge in [-0.05, 0) is 50.6 Å². The van der Waals surface area contributed by atoms with Crippen LogP contribution in [-0.2, 0) is 0 Å². The van der Waals surface area contributed by atoms with Gasteiger partial charge in [-0.1, -0.05) is 6.92 Å². The Bertz CT molecular complexity index is 582. The van der Waals surface area contributed by atoms with Crippen molar-refractivity contribution in [1.29, 1.82) is 0 Å². The van der Waals surface area contributed by atoms with Crippen LogP contribution in [0.15, 0.2) is 24.3 Å². The molecule has 0 aromatic heterocycles. The summed E-state index contributed by atoms with van der Waals surface area (Å²) < 4.78 is 40.2. The van der Waals surface area contributed by atoms with Gasteiger partial charge in [0, 0.05) is 11.7 Å². The fourth-order valence-electron chi connectivity index (χ4n) is 2.61. The number of hydrogen-bond acceptors (Lipinski definition) is 5. The smallest absolute Gasteiger partial charge is 0.406 e. The first kappa shape index (κ1) is 20.3. The second-order valence-electron chi connectivity index (χ2n) is 6.08. The lowest BCUT2D eigenvalue weighted by atomic mass is 10.1. The lowest BCUT2D eigenvalue weighted by Crippen LogP contribution is -2.67. The molecule has 0 radical (unpaired) electrons. The molecule has 10 heteroatoms. The van der Waals surface area contributed by atoms with Crippen LogP contribution in [0.5, 0.6) is 5.75 Å². The Morgan fingerprint density at radius 3 is 2.58 bits per heavy atom. The van der Waals surface area contributed by atoms with Gasteiger partial charge in [0.2, 0.25) is 0 Å². The van der Waals surface area contributed by atoms with Gasteiger partial charge in [0.05, 0.1) is 6.17 Å². The third kappa shape index (κ3) is 7.06. The summed E-state index contributed by atoms with van der Waals surface area (Å²) in [5, 5.41) is 15.1. The average molecular weight is 375 g/mol. The van der Waals surface area contributed by atoms with Gasteiger partial charge in [0.15, 0.2) is 0 Å². The predicted octanol–water partition coefficient (Wildman–Crippen LogP) is 2.29. The molecule has 1 aromatic carbocycles. The summed E-state index contributed by atoms with van der Waals surface area (Å²) in [5.41, 5.74) is 0.349. The van der Waals surface area contributed by atoms with Crippen LogP contribution in [0.4, 0.5) is 23.7 Å². The number of urea groups is 1. The molecule has 1 aromatic rings. The summed E-state index contributed by atoms with van der Waals surface area (Å²) in [5.74, 6) is -0.349. The minimum Gasteiger partial charge on any atom is -0.406 e. The number of hydrogen-bond donors (Lipinski definition) is 5. The monoisotopic (exact) mass is 375 g/mol. The maximum absolute atomic E-state index is 12.1. The highest BCUT2D eigenvalue weighted by Crippen LogP contribution is 2.23. The number of amides is 2. The van der Waals surface area contributed by atoms with Crippen LogP contribution in [0.25, 0.3) is 0 Å². The van der Waals surface area contributed by atoms with Gasteiger partial charge in [0.1, 0.15) is 12.0 Å². The van der Waals surface area contributed by atoms with Gasteiger partial charge in [-0.15, -0.1) is 13.2 Å². The van der Waals surface area contributed by atoms with E-state index in [1.54, 1.807) is 0 Å². The molecule has 1 fully saturated rings. The molecular formula is C16H24F3N5O2.